The summed E-state index contributed by atoms with van der Waals surface area (Å²) in [6.07, 6.45) is 3.00. The quantitative estimate of drug-likeness (QED) is 0.693. The van der Waals surface area contributed by atoms with Gasteiger partial charge in [-0.3, -0.25) is 4.98 Å². The third kappa shape index (κ3) is 3.20. The van der Waals surface area contributed by atoms with Gasteiger partial charge in [0.15, 0.2) is 0 Å². The van der Waals surface area contributed by atoms with Gasteiger partial charge in [0.2, 0.25) is 0 Å². The lowest BCUT2D eigenvalue weighted by atomic mass is 10.2. The van der Waals surface area contributed by atoms with E-state index in [2.05, 4.69) is 4.98 Å². The lowest BCUT2D eigenvalue weighted by molar-refractivity contribution is 0.0474. The molecule has 0 saturated carbocycles. The smallest absolute Gasteiger partial charge is 0.340 e. The van der Waals surface area contributed by atoms with Crippen LogP contribution < -0.4 is 5.73 Å². The van der Waals surface area contributed by atoms with Crippen molar-refractivity contribution < 1.29 is 13.9 Å². The first-order valence-corrected chi connectivity index (χ1v) is 5.76. The maximum atomic E-state index is 12.9. The average molecular weight is 281 g/mol. The van der Waals surface area contributed by atoms with Gasteiger partial charge in [0, 0.05) is 23.6 Å². The molecule has 0 amide bonds. The predicted octanol–water partition coefficient (Wildman–Crippen LogP) is 2.81. The summed E-state index contributed by atoms with van der Waals surface area (Å²) in [6.45, 7) is -0.00297. The highest BCUT2D eigenvalue weighted by molar-refractivity contribution is 6.31. The van der Waals surface area contributed by atoms with Crippen LogP contribution in [-0.4, -0.2) is 11.0 Å². The Bertz CT molecular complexity index is 619. The molecule has 2 N–H and O–H groups in total. The van der Waals surface area contributed by atoms with Gasteiger partial charge in [-0.15, -0.1) is 0 Å². The molecule has 1 aromatic carbocycles. The molecule has 98 valence electrons. The maximum absolute atomic E-state index is 12.9. The molecule has 0 fully saturated rings. The van der Waals surface area contributed by atoms with Crippen LogP contribution in [0.2, 0.25) is 5.02 Å². The highest BCUT2D eigenvalue weighted by Crippen LogP contribution is 2.18. The second kappa shape index (κ2) is 5.67. The molecule has 0 saturated heterocycles. The minimum Gasteiger partial charge on any atom is -0.457 e. The molecule has 2 aromatic rings. The molecule has 1 heterocycles. The first-order valence-electron chi connectivity index (χ1n) is 5.38. The van der Waals surface area contributed by atoms with Crippen molar-refractivity contribution in [2.24, 2.45) is 0 Å². The van der Waals surface area contributed by atoms with Crippen LogP contribution >= 0.6 is 11.6 Å². The van der Waals surface area contributed by atoms with Crippen molar-refractivity contribution >= 4 is 23.3 Å². The van der Waals surface area contributed by atoms with Gasteiger partial charge in [-0.25, -0.2) is 9.18 Å². The fourth-order valence-electron chi connectivity index (χ4n) is 1.46. The Morgan fingerprint density at radius 2 is 2.21 bits per heavy atom. The van der Waals surface area contributed by atoms with E-state index in [4.69, 9.17) is 22.1 Å². The van der Waals surface area contributed by atoms with E-state index in [0.717, 1.165) is 12.1 Å². The third-order valence-electron chi connectivity index (χ3n) is 2.45. The van der Waals surface area contributed by atoms with Gasteiger partial charge in [0.1, 0.15) is 12.4 Å². The Kier molecular flexibility index (Phi) is 3.97. The van der Waals surface area contributed by atoms with Crippen LogP contribution in [0.15, 0.2) is 36.7 Å². The second-order valence-electron chi connectivity index (χ2n) is 3.77. The van der Waals surface area contributed by atoms with Crippen molar-refractivity contribution in [2.75, 3.05) is 5.73 Å². The number of hydrogen-bond acceptors (Lipinski definition) is 4. The van der Waals surface area contributed by atoms with Crippen LogP contribution in [0.5, 0.6) is 0 Å². The van der Waals surface area contributed by atoms with Gasteiger partial charge in [0.05, 0.1) is 10.6 Å². The van der Waals surface area contributed by atoms with Crippen molar-refractivity contribution in [3.63, 3.8) is 0 Å². The summed E-state index contributed by atoms with van der Waals surface area (Å²) in [5, 5.41) is 0.405. The number of benzene rings is 1. The molecule has 6 heteroatoms. The number of hydrogen-bond donors (Lipinski definition) is 1. The zero-order valence-electron chi connectivity index (χ0n) is 9.77. The number of ether oxygens (including phenoxy) is 1. The van der Waals surface area contributed by atoms with Gasteiger partial charge in [-0.05, 0) is 24.3 Å². The zero-order chi connectivity index (χ0) is 13.8. The number of carbonyl (C=O) groups is 1. The van der Waals surface area contributed by atoms with E-state index < -0.39 is 11.8 Å². The van der Waals surface area contributed by atoms with E-state index in [-0.39, 0.29) is 17.9 Å². The molecule has 0 radical (unpaired) electrons. The Labute approximate surface area is 114 Å². The first kappa shape index (κ1) is 13.3. The van der Waals surface area contributed by atoms with Crippen molar-refractivity contribution in [3.8, 4) is 0 Å². The molecule has 1 aromatic heterocycles. The molecule has 0 aliphatic carbocycles. The van der Waals surface area contributed by atoms with Crippen LogP contribution in [0.25, 0.3) is 0 Å². The summed E-state index contributed by atoms with van der Waals surface area (Å²) in [5.74, 6) is -1.14. The van der Waals surface area contributed by atoms with Gasteiger partial charge in [-0.2, -0.15) is 0 Å². The minimum absolute atomic E-state index is 0.00297. The predicted molar refractivity (Wildman–Crippen MR) is 69.2 cm³/mol. The van der Waals surface area contributed by atoms with E-state index in [1.165, 1.54) is 12.3 Å². The molecule has 0 bridgehead atoms. The Morgan fingerprint density at radius 1 is 1.42 bits per heavy atom. The molecule has 0 aliphatic rings. The van der Waals surface area contributed by atoms with E-state index >= 15 is 0 Å². The summed E-state index contributed by atoms with van der Waals surface area (Å²) >= 11 is 5.88. The first-order chi connectivity index (χ1) is 9.08. The van der Waals surface area contributed by atoms with Crippen molar-refractivity contribution in [3.05, 3.63) is 58.6 Å². The van der Waals surface area contributed by atoms with Crippen LogP contribution in [0.1, 0.15) is 15.9 Å². The summed E-state index contributed by atoms with van der Waals surface area (Å²) in [7, 11) is 0. The van der Waals surface area contributed by atoms with Crippen molar-refractivity contribution in [2.45, 2.75) is 6.61 Å². The summed E-state index contributed by atoms with van der Waals surface area (Å²) in [4.78, 5) is 15.6. The van der Waals surface area contributed by atoms with Gasteiger partial charge in [-0.1, -0.05) is 11.6 Å². The number of nitrogen functional groups attached to an aromatic ring is 1. The number of carbonyl (C=O) groups excluding carboxylic acids is 1. The third-order valence-corrected chi connectivity index (χ3v) is 2.79. The number of esters is 1. The number of halogens is 2. The SMILES string of the molecule is Nc1cc(F)ccc1C(=O)OCc1ccncc1Cl. The number of pyridine rings is 1. The molecule has 2 rings (SSSR count). The number of aromatic nitrogens is 1. The van der Waals surface area contributed by atoms with Crippen LogP contribution in [0.3, 0.4) is 0 Å². The molecule has 19 heavy (non-hydrogen) atoms. The monoisotopic (exact) mass is 280 g/mol. The molecular formula is C13H10ClFN2O2. The van der Waals surface area contributed by atoms with Gasteiger partial charge < -0.3 is 10.5 Å². The zero-order valence-corrected chi connectivity index (χ0v) is 10.5. The lowest BCUT2D eigenvalue weighted by Crippen LogP contribution is -2.08. The van der Waals surface area contributed by atoms with Crippen LogP contribution in [0.4, 0.5) is 10.1 Å². The standard InChI is InChI=1S/C13H10ClFN2O2/c14-11-6-17-4-3-8(11)7-19-13(18)10-2-1-9(15)5-12(10)16/h1-6H,7,16H2. The second-order valence-corrected chi connectivity index (χ2v) is 4.18. The fourth-order valence-corrected chi connectivity index (χ4v) is 1.64. The summed E-state index contributed by atoms with van der Waals surface area (Å²) in [5.41, 5.74) is 6.32. The Hall–Kier alpha value is -2.14. The van der Waals surface area contributed by atoms with E-state index in [9.17, 15) is 9.18 Å². The Balaban J connectivity index is 2.08. The molecule has 0 unspecified atom stereocenters. The summed E-state index contributed by atoms with van der Waals surface area (Å²) in [6, 6.07) is 5.13. The highest BCUT2D eigenvalue weighted by Gasteiger charge is 2.12. The Morgan fingerprint density at radius 3 is 2.89 bits per heavy atom. The van der Waals surface area contributed by atoms with Crippen LogP contribution in [-0.2, 0) is 11.3 Å². The molecule has 0 atom stereocenters. The maximum Gasteiger partial charge on any atom is 0.340 e. The van der Waals surface area contributed by atoms with E-state index in [0.29, 0.717) is 10.6 Å². The normalized spacial score (nSPS) is 10.2. The van der Waals surface area contributed by atoms with Gasteiger partial charge in [0.25, 0.3) is 0 Å². The lowest BCUT2D eigenvalue weighted by Gasteiger charge is -2.08. The average Bonchev–Trinajstić information content (AvgIpc) is 2.37. The number of nitrogens with two attached hydrogens (primary N) is 1. The van der Waals surface area contributed by atoms with Gasteiger partial charge >= 0.3 is 5.97 Å². The minimum atomic E-state index is -0.634. The molecule has 0 spiro atoms. The number of rotatable bonds is 3. The van der Waals surface area contributed by atoms with Crippen LogP contribution in [0, 0.1) is 5.82 Å². The molecule has 4 nitrogen and oxygen atoms in total. The summed E-state index contributed by atoms with van der Waals surface area (Å²) < 4.78 is 17.9. The largest absolute Gasteiger partial charge is 0.457 e. The highest BCUT2D eigenvalue weighted by atomic mass is 35.5. The number of anilines is 1. The fraction of sp³-hybridized carbons (Fsp3) is 0.0769. The number of nitrogens with zero attached hydrogens (tertiary/aromatic N) is 1. The van der Waals surface area contributed by atoms with E-state index in [1.54, 1.807) is 12.3 Å². The topological polar surface area (TPSA) is 65.2 Å². The van der Waals surface area contributed by atoms with E-state index in [1.807, 2.05) is 0 Å². The molecule has 0 aliphatic heterocycles. The molecular weight excluding hydrogens is 271 g/mol. The van der Waals surface area contributed by atoms with Crippen molar-refractivity contribution in [1.82, 2.24) is 4.98 Å². The van der Waals surface area contributed by atoms with Crippen molar-refractivity contribution in [1.29, 1.82) is 0 Å².